The van der Waals surface area contributed by atoms with E-state index in [-0.39, 0.29) is 25.1 Å². The van der Waals surface area contributed by atoms with Crippen LogP contribution < -0.4 is 16.1 Å². The third-order valence-corrected chi connectivity index (χ3v) is 3.73. The zero-order valence-corrected chi connectivity index (χ0v) is 12.0. The van der Waals surface area contributed by atoms with Crippen LogP contribution in [0.15, 0.2) is 14.1 Å². The van der Waals surface area contributed by atoms with E-state index in [0.717, 1.165) is 25.8 Å². The number of aromatic amines is 2. The summed E-state index contributed by atoms with van der Waals surface area (Å²) in [5.74, 6) is 0.456. The SMILES string of the molecule is Cl.O=c1[nH]c(N2CCCCC2CO)c(Br)c(=O)[nH]1. The van der Waals surface area contributed by atoms with Crippen LogP contribution in [-0.2, 0) is 0 Å². The Balaban J connectivity index is 0.00000162. The predicted octanol–water partition coefficient (Wildman–Crippen LogP) is 0.599. The topological polar surface area (TPSA) is 89.2 Å². The van der Waals surface area contributed by atoms with Crippen molar-refractivity contribution in [3.63, 3.8) is 0 Å². The van der Waals surface area contributed by atoms with Crippen LogP contribution in [0.5, 0.6) is 0 Å². The van der Waals surface area contributed by atoms with Gasteiger partial charge in [-0.25, -0.2) is 4.79 Å². The molecule has 1 saturated heterocycles. The van der Waals surface area contributed by atoms with Gasteiger partial charge >= 0.3 is 5.69 Å². The Kier molecular flexibility index (Phi) is 5.43. The van der Waals surface area contributed by atoms with E-state index in [9.17, 15) is 14.7 Å². The summed E-state index contributed by atoms with van der Waals surface area (Å²) in [6.45, 7) is 0.741. The largest absolute Gasteiger partial charge is 0.394 e. The lowest BCUT2D eigenvalue weighted by Gasteiger charge is -2.36. The summed E-state index contributed by atoms with van der Waals surface area (Å²) >= 11 is 3.17. The van der Waals surface area contributed by atoms with E-state index in [1.807, 2.05) is 4.90 Å². The van der Waals surface area contributed by atoms with Gasteiger partial charge in [0.15, 0.2) is 0 Å². The van der Waals surface area contributed by atoms with E-state index in [0.29, 0.717) is 10.3 Å². The van der Waals surface area contributed by atoms with Crippen molar-refractivity contribution in [2.75, 3.05) is 18.1 Å². The number of hydrogen-bond acceptors (Lipinski definition) is 4. The van der Waals surface area contributed by atoms with E-state index in [1.54, 1.807) is 0 Å². The van der Waals surface area contributed by atoms with Gasteiger partial charge in [0.25, 0.3) is 5.56 Å². The van der Waals surface area contributed by atoms with Crippen LogP contribution in [0.4, 0.5) is 5.82 Å². The minimum Gasteiger partial charge on any atom is -0.394 e. The van der Waals surface area contributed by atoms with Crippen molar-refractivity contribution in [3.05, 3.63) is 25.3 Å². The Labute approximate surface area is 118 Å². The highest BCUT2D eigenvalue weighted by molar-refractivity contribution is 9.10. The number of nitrogens with one attached hydrogen (secondary N) is 2. The Bertz CT molecular complexity index is 516. The summed E-state index contributed by atoms with van der Waals surface area (Å²) in [4.78, 5) is 29.4. The smallest absolute Gasteiger partial charge is 0.327 e. The molecule has 1 aromatic heterocycles. The predicted molar refractivity (Wildman–Crippen MR) is 74.7 cm³/mol. The second kappa shape index (κ2) is 6.40. The van der Waals surface area contributed by atoms with E-state index in [2.05, 4.69) is 25.9 Å². The number of H-pyrrole nitrogens is 2. The third-order valence-electron chi connectivity index (χ3n) is 2.99. The Morgan fingerprint density at radius 2 is 2.06 bits per heavy atom. The number of hydrogen-bond donors (Lipinski definition) is 3. The average molecular weight is 341 g/mol. The van der Waals surface area contributed by atoms with Crippen LogP contribution in [0.2, 0.25) is 0 Å². The molecular formula is C10H15BrClN3O3. The van der Waals surface area contributed by atoms with Crippen molar-refractivity contribution in [1.82, 2.24) is 9.97 Å². The fraction of sp³-hybridized carbons (Fsp3) is 0.600. The van der Waals surface area contributed by atoms with Crippen LogP contribution >= 0.6 is 28.3 Å². The molecule has 18 heavy (non-hydrogen) atoms. The summed E-state index contributed by atoms with van der Waals surface area (Å²) in [5.41, 5.74) is -0.985. The first kappa shape index (κ1) is 15.3. The summed E-state index contributed by atoms with van der Waals surface area (Å²) in [7, 11) is 0. The van der Waals surface area contributed by atoms with Crippen LogP contribution in [0.1, 0.15) is 19.3 Å². The maximum absolute atomic E-state index is 11.5. The van der Waals surface area contributed by atoms with Crippen LogP contribution in [0, 0.1) is 0 Å². The molecule has 0 aliphatic carbocycles. The normalized spacial score (nSPS) is 19.4. The lowest BCUT2D eigenvalue weighted by molar-refractivity contribution is 0.239. The molecule has 2 heterocycles. The molecule has 1 fully saturated rings. The number of nitrogens with zero attached hydrogens (tertiary/aromatic N) is 1. The highest BCUT2D eigenvalue weighted by atomic mass is 79.9. The number of halogens is 2. The van der Waals surface area contributed by atoms with E-state index in [1.165, 1.54) is 0 Å². The lowest BCUT2D eigenvalue weighted by Crippen LogP contribution is -2.44. The summed E-state index contributed by atoms with van der Waals surface area (Å²) < 4.78 is 0.303. The zero-order chi connectivity index (χ0) is 12.4. The van der Waals surface area contributed by atoms with Gasteiger partial charge in [0, 0.05) is 6.54 Å². The van der Waals surface area contributed by atoms with Crippen LogP contribution in [-0.4, -0.2) is 34.3 Å². The van der Waals surface area contributed by atoms with Gasteiger partial charge in [-0.1, -0.05) is 0 Å². The van der Waals surface area contributed by atoms with E-state index < -0.39 is 11.2 Å². The molecular weight excluding hydrogens is 325 g/mol. The number of aromatic nitrogens is 2. The van der Waals surface area contributed by atoms with Crippen LogP contribution in [0.3, 0.4) is 0 Å². The minimum atomic E-state index is -0.532. The van der Waals surface area contributed by atoms with Crippen molar-refractivity contribution < 1.29 is 5.11 Å². The van der Waals surface area contributed by atoms with Gasteiger partial charge in [0.2, 0.25) is 0 Å². The second-order valence-electron chi connectivity index (χ2n) is 4.10. The number of piperidine rings is 1. The lowest BCUT2D eigenvalue weighted by atomic mass is 10.0. The average Bonchev–Trinajstić information content (AvgIpc) is 2.33. The molecule has 0 aromatic carbocycles. The molecule has 6 nitrogen and oxygen atoms in total. The Morgan fingerprint density at radius 3 is 2.72 bits per heavy atom. The van der Waals surface area contributed by atoms with Crippen molar-refractivity contribution in [2.45, 2.75) is 25.3 Å². The van der Waals surface area contributed by atoms with Gasteiger partial charge in [-0.05, 0) is 35.2 Å². The molecule has 8 heteroatoms. The van der Waals surface area contributed by atoms with E-state index in [4.69, 9.17) is 0 Å². The maximum atomic E-state index is 11.5. The molecule has 1 unspecified atom stereocenters. The molecule has 1 aromatic rings. The van der Waals surface area contributed by atoms with Crippen molar-refractivity contribution in [3.8, 4) is 0 Å². The summed E-state index contributed by atoms with van der Waals surface area (Å²) in [6, 6.07) is -0.0440. The standard InChI is InChI=1S/C10H14BrN3O3.ClH/c11-7-8(12-10(17)13-9(7)16)14-4-2-1-3-6(14)5-15;/h6,15H,1-5H2,(H2,12,13,16,17);1H. The number of aliphatic hydroxyl groups is 1. The minimum absolute atomic E-state index is 0. The third kappa shape index (κ3) is 2.96. The molecule has 2 rings (SSSR count). The molecule has 3 N–H and O–H groups in total. The zero-order valence-electron chi connectivity index (χ0n) is 9.61. The molecule has 0 amide bonds. The van der Waals surface area contributed by atoms with Crippen molar-refractivity contribution in [1.29, 1.82) is 0 Å². The number of rotatable bonds is 2. The molecule has 1 aliphatic rings. The van der Waals surface area contributed by atoms with Gasteiger partial charge in [-0.3, -0.25) is 14.8 Å². The van der Waals surface area contributed by atoms with Crippen LogP contribution in [0.25, 0.3) is 0 Å². The summed E-state index contributed by atoms with van der Waals surface area (Å²) in [5, 5.41) is 9.32. The highest BCUT2D eigenvalue weighted by Gasteiger charge is 2.25. The molecule has 0 bridgehead atoms. The molecule has 102 valence electrons. The van der Waals surface area contributed by atoms with Gasteiger partial charge < -0.3 is 10.0 Å². The summed E-state index contributed by atoms with van der Waals surface area (Å²) in [6.07, 6.45) is 2.89. The molecule has 1 aliphatic heterocycles. The molecule has 0 spiro atoms. The molecule has 0 saturated carbocycles. The van der Waals surface area contributed by atoms with Crippen molar-refractivity contribution >= 4 is 34.2 Å². The molecule has 0 radical (unpaired) electrons. The second-order valence-corrected chi connectivity index (χ2v) is 4.89. The quantitative estimate of drug-likeness (QED) is 0.735. The van der Waals surface area contributed by atoms with Gasteiger partial charge in [0.1, 0.15) is 10.3 Å². The first-order valence-electron chi connectivity index (χ1n) is 5.53. The first-order chi connectivity index (χ1) is 8.13. The fourth-order valence-electron chi connectivity index (χ4n) is 2.14. The number of anilines is 1. The van der Waals surface area contributed by atoms with Gasteiger partial charge in [-0.15, -0.1) is 12.4 Å². The Morgan fingerprint density at radius 1 is 1.33 bits per heavy atom. The monoisotopic (exact) mass is 339 g/mol. The first-order valence-corrected chi connectivity index (χ1v) is 6.32. The van der Waals surface area contributed by atoms with E-state index >= 15 is 0 Å². The fourth-order valence-corrected chi connectivity index (χ4v) is 2.57. The molecule has 1 atom stereocenters. The number of aliphatic hydroxyl groups excluding tert-OH is 1. The van der Waals surface area contributed by atoms with Crippen molar-refractivity contribution in [2.24, 2.45) is 0 Å². The Hall–Kier alpha value is -0.790. The highest BCUT2D eigenvalue weighted by Crippen LogP contribution is 2.26. The van der Waals surface area contributed by atoms with Gasteiger partial charge in [0.05, 0.1) is 12.6 Å². The van der Waals surface area contributed by atoms with Gasteiger partial charge in [-0.2, -0.15) is 0 Å². The maximum Gasteiger partial charge on any atom is 0.327 e.